The Kier molecular flexibility index (Phi) is 7.67. The topological polar surface area (TPSA) is 163 Å². The maximum Gasteiger partial charge on any atom is 0.231 e. The molecule has 0 aliphatic carbocycles. The molecule has 0 aliphatic rings. The van der Waals surface area contributed by atoms with Gasteiger partial charge in [-0.1, -0.05) is 0 Å². The van der Waals surface area contributed by atoms with Gasteiger partial charge in [0.05, 0.1) is 0 Å². The van der Waals surface area contributed by atoms with Crippen molar-refractivity contribution in [2.24, 2.45) is 0 Å². The molecule has 0 aliphatic heterocycles. The first-order valence-corrected chi connectivity index (χ1v) is 4.47. The summed E-state index contributed by atoms with van der Waals surface area (Å²) in [4.78, 5) is 10.8. The molecule has 16 heavy (non-hydrogen) atoms. The summed E-state index contributed by atoms with van der Waals surface area (Å²) in [5.74, 6) is 0.208. The van der Waals surface area contributed by atoms with E-state index in [1.54, 1.807) is 0 Å². The van der Waals surface area contributed by atoms with E-state index in [-0.39, 0.29) is 37.8 Å². The van der Waals surface area contributed by atoms with Gasteiger partial charge in [-0.25, -0.2) is 0 Å². The van der Waals surface area contributed by atoms with Crippen LogP contribution in [0.3, 0.4) is 0 Å². The zero-order chi connectivity index (χ0) is 12.4. The third-order valence-corrected chi connectivity index (χ3v) is 1.22. The molecule has 0 radical (unpaired) electrons. The highest BCUT2D eigenvalue weighted by Gasteiger charge is 1.98. The second-order valence-corrected chi connectivity index (χ2v) is 2.51. The van der Waals surface area contributed by atoms with Crippen LogP contribution in [0.1, 0.15) is 6.42 Å². The van der Waals surface area contributed by atoms with Gasteiger partial charge in [0.25, 0.3) is 0 Å². The summed E-state index contributed by atoms with van der Waals surface area (Å²) in [7, 11) is 0. The Labute approximate surface area is 92.2 Å². The fraction of sp³-hybridized carbons (Fsp3) is 0.571. The van der Waals surface area contributed by atoms with Crippen LogP contribution in [0.15, 0.2) is 0 Å². The van der Waals surface area contributed by atoms with Crippen LogP contribution in [-0.2, 0) is 0 Å². The van der Waals surface area contributed by atoms with Crippen molar-refractivity contribution in [3.05, 3.63) is 0 Å². The summed E-state index contributed by atoms with van der Waals surface area (Å²) < 4.78 is 0. The lowest BCUT2D eigenvalue weighted by Gasteiger charge is -2.00. The standard InChI is InChI=1S/C4H8N6O.C3H8O2/c5-2-8-3(6)10-4(9-2)7-1-11;4-2-1-3-5/h11H,1H2,(H5,5,6,7,8,9,10);4-5H,1-3H2. The number of rotatable bonds is 4. The second kappa shape index (κ2) is 8.59. The quantitative estimate of drug-likeness (QED) is 0.315. The Morgan fingerprint density at radius 3 is 1.75 bits per heavy atom. The molecule has 1 heterocycles. The predicted octanol–water partition coefficient (Wildman–Crippen LogP) is -2.24. The van der Waals surface area contributed by atoms with Gasteiger partial charge in [-0.2, -0.15) is 15.0 Å². The highest BCUT2D eigenvalue weighted by Crippen LogP contribution is 2.01. The first kappa shape index (κ1) is 14.3. The largest absolute Gasteiger partial charge is 0.396 e. The molecule has 8 N–H and O–H groups in total. The van der Waals surface area contributed by atoms with E-state index in [4.69, 9.17) is 26.8 Å². The van der Waals surface area contributed by atoms with Crippen molar-refractivity contribution in [3.63, 3.8) is 0 Å². The van der Waals surface area contributed by atoms with E-state index in [0.29, 0.717) is 6.42 Å². The molecular formula is C7H16N6O3. The zero-order valence-electron chi connectivity index (χ0n) is 8.67. The molecule has 92 valence electrons. The lowest BCUT2D eigenvalue weighted by Crippen LogP contribution is -2.09. The number of aromatic nitrogens is 3. The van der Waals surface area contributed by atoms with E-state index in [0.717, 1.165) is 0 Å². The highest BCUT2D eigenvalue weighted by atomic mass is 16.3. The molecular weight excluding hydrogens is 216 g/mol. The number of hydrogen-bond acceptors (Lipinski definition) is 9. The number of nitrogens with zero attached hydrogens (tertiary/aromatic N) is 3. The van der Waals surface area contributed by atoms with Crippen LogP contribution in [0.5, 0.6) is 0 Å². The van der Waals surface area contributed by atoms with Crippen molar-refractivity contribution in [2.75, 3.05) is 36.7 Å². The number of aliphatic hydroxyl groups is 3. The number of aliphatic hydroxyl groups excluding tert-OH is 3. The highest BCUT2D eigenvalue weighted by molar-refractivity contribution is 5.36. The number of nitrogens with one attached hydrogen (secondary N) is 1. The van der Waals surface area contributed by atoms with Gasteiger partial charge in [0.2, 0.25) is 17.8 Å². The minimum atomic E-state index is -0.275. The maximum atomic E-state index is 8.41. The van der Waals surface area contributed by atoms with Crippen LogP contribution in [0.25, 0.3) is 0 Å². The van der Waals surface area contributed by atoms with Crippen molar-refractivity contribution < 1.29 is 15.3 Å². The Bertz CT molecular complexity index is 275. The van der Waals surface area contributed by atoms with Gasteiger partial charge in [0, 0.05) is 13.2 Å². The van der Waals surface area contributed by atoms with Crippen LogP contribution in [0, 0.1) is 0 Å². The molecule has 0 unspecified atom stereocenters. The van der Waals surface area contributed by atoms with Gasteiger partial charge in [-0.15, -0.1) is 0 Å². The number of hydrogen-bond donors (Lipinski definition) is 6. The molecule has 0 spiro atoms. The second-order valence-electron chi connectivity index (χ2n) is 2.51. The minimum Gasteiger partial charge on any atom is -0.396 e. The van der Waals surface area contributed by atoms with Crippen LogP contribution in [0.4, 0.5) is 17.8 Å². The van der Waals surface area contributed by atoms with E-state index in [1.807, 2.05) is 0 Å². The summed E-state index contributed by atoms with van der Waals surface area (Å²) in [5.41, 5.74) is 10.5. The summed E-state index contributed by atoms with van der Waals surface area (Å²) in [6.07, 6.45) is 0.500. The lowest BCUT2D eigenvalue weighted by atomic mass is 10.5. The van der Waals surface area contributed by atoms with Crippen molar-refractivity contribution >= 4 is 17.8 Å². The summed E-state index contributed by atoms with van der Waals surface area (Å²) in [5, 5.41) is 26.6. The van der Waals surface area contributed by atoms with Gasteiger partial charge in [0.1, 0.15) is 6.73 Å². The molecule has 0 bridgehead atoms. The Balaban J connectivity index is 0.000000385. The van der Waals surface area contributed by atoms with Gasteiger partial charge < -0.3 is 32.1 Å². The molecule has 1 aromatic rings. The molecule has 0 fully saturated rings. The Hall–Kier alpha value is -1.71. The third-order valence-electron chi connectivity index (χ3n) is 1.22. The van der Waals surface area contributed by atoms with Crippen molar-refractivity contribution in [2.45, 2.75) is 6.42 Å². The molecule has 0 saturated carbocycles. The summed E-state index contributed by atoms with van der Waals surface area (Å²) in [6, 6.07) is 0. The fourth-order valence-corrected chi connectivity index (χ4v) is 0.630. The zero-order valence-corrected chi connectivity index (χ0v) is 8.67. The van der Waals surface area contributed by atoms with Crippen LogP contribution >= 0.6 is 0 Å². The van der Waals surface area contributed by atoms with E-state index in [9.17, 15) is 0 Å². The third kappa shape index (κ3) is 6.70. The van der Waals surface area contributed by atoms with Crippen LogP contribution in [-0.4, -0.2) is 50.2 Å². The van der Waals surface area contributed by atoms with Crippen LogP contribution < -0.4 is 16.8 Å². The smallest absolute Gasteiger partial charge is 0.231 e. The first-order valence-electron chi connectivity index (χ1n) is 4.47. The molecule has 9 nitrogen and oxygen atoms in total. The first-order chi connectivity index (χ1) is 7.63. The van der Waals surface area contributed by atoms with Gasteiger partial charge >= 0.3 is 0 Å². The molecule has 0 aromatic carbocycles. The normalized spacial score (nSPS) is 9.19. The monoisotopic (exact) mass is 232 g/mol. The van der Waals surface area contributed by atoms with Gasteiger partial charge in [-0.3, -0.25) is 0 Å². The average molecular weight is 232 g/mol. The lowest BCUT2D eigenvalue weighted by molar-refractivity contribution is 0.221. The van der Waals surface area contributed by atoms with Gasteiger partial charge in [0.15, 0.2) is 0 Å². The number of nitrogens with two attached hydrogens (primary N) is 2. The maximum absolute atomic E-state index is 8.41. The van der Waals surface area contributed by atoms with Crippen molar-refractivity contribution in [1.29, 1.82) is 0 Å². The Morgan fingerprint density at radius 1 is 0.938 bits per heavy atom. The molecule has 1 aromatic heterocycles. The summed E-state index contributed by atoms with van der Waals surface area (Å²) in [6.45, 7) is -0.0874. The fourth-order valence-electron chi connectivity index (χ4n) is 0.630. The summed E-state index contributed by atoms with van der Waals surface area (Å²) >= 11 is 0. The molecule has 0 atom stereocenters. The van der Waals surface area contributed by atoms with E-state index >= 15 is 0 Å². The number of nitrogen functional groups attached to an aromatic ring is 2. The van der Waals surface area contributed by atoms with E-state index in [1.165, 1.54) is 0 Å². The van der Waals surface area contributed by atoms with Crippen LogP contribution in [0.2, 0.25) is 0 Å². The van der Waals surface area contributed by atoms with E-state index in [2.05, 4.69) is 20.3 Å². The van der Waals surface area contributed by atoms with Crippen molar-refractivity contribution in [3.8, 4) is 0 Å². The predicted molar refractivity (Wildman–Crippen MR) is 58.1 cm³/mol. The SMILES string of the molecule is Nc1nc(N)nc(NCO)n1.OCCCO. The molecule has 1 rings (SSSR count). The molecule has 0 amide bonds. The molecule has 9 heteroatoms. The van der Waals surface area contributed by atoms with Crippen molar-refractivity contribution in [1.82, 2.24) is 15.0 Å². The average Bonchev–Trinajstić information content (AvgIpc) is 2.18. The number of anilines is 3. The minimum absolute atomic E-state index is 0.0217. The van der Waals surface area contributed by atoms with E-state index < -0.39 is 0 Å². The van der Waals surface area contributed by atoms with Gasteiger partial charge in [-0.05, 0) is 6.42 Å². The molecule has 0 saturated heterocycles. The Morgan fingerprint density at radius 2 is 1.44 bits per heavy atom.